The fourth-order valence-corrected chi connectivity index (χ4v) is 1.62. The molecule has 0 bridgehead atoms. The lowest BCUT2D eigenvalue weighted by Gasteiger charge is -2.34. The van der Waals surface area contributed by atoms with Crippen molar-refractivity contribution in [2.45, 2.75) is 42.1 Å². The van der Waals surface area contributed by atoms with Gasteiger partial charge in [0, 0.05) is 6.42 Å². The van der Waals surface area contributed by atoms with Gasteiger partial charge in [-0.2, -0.15) is 39.5 Å². The van der Waals surface area contributed by atoms with Crippen LogP contribution in [0.2, 0.25) is 0 Å². The summed E-state index contributed by atoms with van der Waals surface area (Å²) in [7, 11) is 0. The summed E-state index contributed by atoms with van der Waals surface area (Å²) in [4.78, 5) is 8.76. The van der Waals surface area contributed by atoms with Gasteiger partial charge in [-0.15, -0.1) is 0 Å². The highest BCUT2D eigenvalue weighted by Crippen LogP contribution is 2.54. The number of carbonyl (C=O) groups is 1. The minimum Gasteiger partial charge on any atom is -0.465 e. The van der Waals surface area contributed by atoms with Crippen LogP contribution in [0, 0.1) is 0 Å². The molecule has 0 amide bonds. The summed E-state index contributed by atoms with van der Waals surface area (Å²) in [6.45, 7) is 0.907. The van der Waals surface area contributed by atoms with Crippen molar-refractivity contribution in [1.29, 1.82) is 0 Å². The van der Waals surface area contributed by atoms with Crippen LogP contribution in [0.5, 0.6) is 0 Å². The minimum atomic E-state index is -6.97. The van der Waals surface area contributed by atoms with E-state index < -0.39 is 41.2 Å². The Hall–Kier alpha value is -0.680. The van der Waals surface area contributed by atoms with E-state index in [9.17, 15) is 44.3 Å². The maximum absolute atomic E-state index is 13.1. The van der Waals surface area contributed by atoms with Crippen molar-refractivity contribution >= 4 is 21.9 Å². The molecule has 0 fully saturated rings. The Labute approximate surface area is 120 Å². The van der Waals surface area contributed by atoms with Gasteiger partial charge in [-0.3, -0.25) is 4.79 Å². The van der Waals surface area contributed by atoms with Crippen molar-refractivity contribution < 1.29 is 49.0 Å². The number of hydrogen-bond acceptors (Lipinski definition) is 2. The topological polar surface area (TPSA) is 26.3 Å². The largest absolute Gasteiger partial charge is 0.465 e. The number of hydrogen-bond donors (Lipinski definition) is 0. The highest BCUT2D eigenvalue weighted by molar-refractivity contribution is 9.10. The van der Waals surface area contributed by atoms with Crippen LogP contribution >= 0.6 is 15.9 Å². The number of halogens is 10. The Morgan fingerprint density at radius 3 is 1.76 bits per heavy atom. The molecule has 12 heteroatoms. The molecular weight excluding hydrogens is 391 g/mol. The zero-order valence-corrected chi connectivity index (χ0v) is 11.7. The summed E-state index contributed by atoms with van der Waals surface area (Å²) in [6, 6.07) is 0. The fraction of sp³-hybridized carbons (Fsp3) is 0.889. The van der Waals surface area contributed by atoms with E-state index in [0.717, 1.165) is 0 Å². The highest BCUT2D eigenvalue weighted by Gasteiger charge is 2.81. The van der Waals surface area contributed by atoms with Gasteiger partial charge in [-0.25, -0.2) is 0 Å². The van der Waals surface area contributed by atoms with E-state index in [1.807, 2.05) is 0 Å². The van der Waals surface area contributed by atoms with Crippen molar-refractivity contribution in [1.82, 2.24) is 0 Å². The lowest BCUT2D eigenvalue weighted by atomic mass is 9.99. The second kappa shape index (κ2) is 6.21. The lowest BCUT2D eigenvalue weighted by Crippen LogP contribution is -2.61. The Balaban J connectivity index is 5.35. The minimum absolute atomic E-state index is 0.332. The molecule has 0 rings (SSSR count). The van der Waals surface area contributed by atoms with Crippen LogP contribution in [0.3, 0.4) is 0 Å². The van der Waals surface area contributed by atoms with Crippen molar-refractivity contribution in [3.8, 4) is 0 Å². The molecule has 2 nitrogen and oxygen atoms in total. The molecule has 0 aromatic carbocycles. The Kier molecular flexibility index (Phi) is 6.01. The molecule has 0 aliphatic carbocycles. The zero-order chi connectivity index (χ0) is 17.3. The molecular formula is C9H8BrF9O2. The molecule has 0 aromatic rings. The zero-order valence-electron chi connectivity index (χ0n) is 10.1. The first kappa shape index (κ1) is 20.3. The van der Waals surface area contributed by atoms with Crippen LogP contribution in [0.4, 0.5) is 39.5 Å². The molecule has 0 saturated heterocycles. The summed E-state index contributed by atoms with van der Waals surface area (Å²) in [5.74, 6) is -21.0. The van der Waals surface area contributed by atoms with Gasteiger partial charge >= 0.3 is 29.9 Å². The number of esters is 1. The third-order valence-electron chi connectivity index (χ3n) is 2.19. The average molecular weight is 399 g/mol. The summed E-state index contributed by atoms with van der Waals surface area (Å²) in [5.41, 5.74) is 0. The van der Waals surface area contributed by atoms with Gasteiger partial charge in [-0.05, 0) is 6.92 Å². The van der Waals surface area contributed by atoms with Gasteiger partial charge in [0.2, 0.25) is 0 Å². The van der Waals surface area contributed by atoms with Crippen LogP contribution in [0.15, 0.2) is 0 Å². The second-order valence-corrected chi connectivity index (χ2v) is 4.88. The van der Waals surface area contributed by atoms with Crippen LogP contribution < -0.4 is 0 Å². The summed E-state index contributed by atoms with van der Waals surface area (Å²) < 4.78 is 117. The van der Waals surface area contributed by atoms with Crippen molar-refractivity contribution in [3.05, 3.63) is 0 Å². The first-order chi connectivity index (χ1) is 9.12. The predicted octanol–water partition coefficient (Wildman–Crippen LogP) is 4.17. The quantitative estimate of drug-likeness (QED) is 0.381. The normalized spacial score (nSPS) is 15.8. The first-order valence-corrected chi connectivity index (χ1v) is 6.04. The van der Waals surface area contributed by atoms with Gasteiger partial charge in [0.1, 0.15) is 4.83 Å². The monoisotopic (exact) mass is 398 g/mol. The van der Waals surface area contributed by atoms with Gasteiger partial charge in [0.25, 0.3) is 0 Å². The SMILES string of the molecule is CCOC(=O)C(Br)CC(F)(F)C(F)(F)C(F)(F)C(F)(F)F. The second-order valence-electron chi connectivity index (χ2n) is 3.77. The maximum Gasteiger partial charge on any atom is 0.460 e. The molecule has 126 valence electrons. The molecule has 21 heavy (non-hydrogen) atoms. The Morgan fingerprint density at radius 2 is 1.43 bits per heavy atom. The molecule has 0 spiro atoms. The van der Waals surface area contributed by atoms with Gasteiger partial charge in [0.05, 0.1) is 6.61 Å². The third kappa shape index (κ3) is 3.95. The van der Waals surface area contributed by atoms with Gasteiger partial charge in [0.15, 0.2) is 0 Å². The molecule has 1 atom stereocenters. The maximum atomic E-state index is 13.1. The predicted molar refractivity (Wildman–Crippen MR) is 54.9 cm³/mol. The third-order valence-corrected chi connectivity index (χ3v) is 2.89. The number of ether oxygens (including phenoxy) is 1. The molecule has 0 aromatic heterocycles. The van der Waals surface area contributed by atoms with Crippen LogP contribution in [-0.2, 0) is 9.53 Å². The Morgan fingerprint density at radius 1 is 1.00 bits per heavy atom. The standard InChI is InChI=1S/C9H8BrF9O2/c1-2-21-5(20)4(10)3-6(11,12)7(13,14)8(15,16)9(17,18)19/h4H,2-3H2,1H3. The van der Waals surface area contributed by atoms with Crippen LogP contribution in [0.25, 0.3) is 0 Å². The first-order valence-electron chi connectivity index (χ1n) is 5.12. The molecule has 0 heterocycles. The van der Waals surface area contributed by atoms with Crippen molar-refractivity contribution in [2.24, 2.45) is 0 Å². The van der Waals surface area contributed by atoms with Crippen LogP contribution in [0.1, 0.15) is 13.3 Å². The van der Waals surface area contributed by atoms with E-state index in [0.29, 0.717) is 0 Å². The van der Waals surface area contributed by atoms with Crippen LogP contribution in [-0.4, -0.2) is 41.3 Å². The highest BCUT2D eigenvalue weighted by atomic mass is 79.9. The molecule has 1 unspecified atom stereocenters. The van der Waals surface area contributed by atoms with Crippen molar-refractivity contribution in [3.63, 3.8) is 0 Å². The number of alkyl halides is 10. The van der Waals surface area contributed by atoms with Gasteiger partial charge in [-0.1, -0.05) is 15.9 Å². The lowest BCUT2D eigenvalue weighted by molar-refractivity contribution is -0.396. The van der Waals surface area contributed by atoms with Crippen molar-refractivity contribution in [2.75, 3.05) is 6.61 Å². The average Bonchev–Trinajstić information content (AvgIpc) is 2.26. The Bertz CT molecular complexity index is 380. The number of rotatable bonds is 6. The fourth-order valence-electron chi connectivity index (χ4n) is 1.08. The summed E-state index contributed by atoms with van der Waals surface area (Å²) in [6.07, 6.45) is -9.18. The summed E-state index contributed by atoms with van der Waals surface area (Å²) in [5, 5.41) is 0. The van der Waals surface area contributed by atoms with E-state index in [1.54, 1.807) is 0 Å². The van der Waals surface area contributed by atoms with E-state index in [4.69, 9.17) is 0 Å². The van der Waals surface area contributed by atoms with E-state index >= 15 is 0 Å². The van der Waals surface area contributed by atoms with E-state index in [-0.39, 0.29) is 6.61 Å². The summed E-state index contributed by atoms with van der Waals surface area (Å²) >= 11 is 2.18. The smallest absolute Gasteiger partial charge is 0.460 e. The molecule has 0 radical (unpaired) electrons. The number of carbonyl (C=O) groups excluding carboxylic acids is 1. The van der Waals surface area contributed by atoms with E-state index in [2.05, 4.69) is 20.7 Å². The molecule has 0 saturated carbocycles. The molecule has 0 N–H and O–H groups in total. The molecule has 0 aliphatic heterocycles. The van der Waals surface area contributed by atoms with E-state index in [1.165, 1.54) is 6.92 Å². The van der Waals surface area contributed by atoms with Gasteiger partial charge < -0.3 is 4.74 Å². The molecule has 0 aliphatic rings.